The van der Waals surface area contributed by atoms with Gasteiger partial charge in [-0.1, -0.05) is 11.6 Å². The molecule has 16 heavy (non-hydrogen) atoms. The fourth-order valence-corrected chi connectivity index (χ4v) is 1.69. The first-order valence-electron chi connectivity index (χ1n) is 4.81. The normalized spacial score (nSPS) is 10.2. The lowest BCUT2D eigenvalue weighted by Gasteiger charge is -2.04. The van der Waals surface area contributed by atoms with Crippen LogP contribution in [0.1, 0.15) is 0 Å². The zero-order valence-electron chi connectivity index (χ0n) is 9.04. The lowest BCUT2D eigenvalue weighted by Crippen LogP contribution is -1.85. The summed E-state index contributed by atoms with van der Waals surface area (Å²) in [5.41, 5.74) is 1.88. The Morgan fingerprint density at radius 2 is 2.19 bits per heavy atom. The number of hydrogen-bond acceptors (Lipinski definition) is 3. The molecule has 2 aromatic rings. The Morgan fingerprint density at radius 3 is 2.75 bits per heavy atom. The molecule has 0 aliphatic heterocycles. The van der Waals surface area contributed by atoms with Crippen molar-refractivity contribution in [3.8, 4) is 17.0 Å². The molecule has 1 aromatic heterocycles. The molecule has 0 saturated heterocycles. The van der Waals surface area contributed by atoms with Gasteiger partial charge in [0.2, 0.25) is 0 Å². The second-order valence-corrected chi connectivity index (χ2v) is 3.67. The summed E-state index contributed by atoms with van der Waals surface area (Å²) < 4.78 is 5.09. The molecule has 0 amide bonds. The SMILES string of the molecule is CNc1cc(-c2ccc(OC)c(Cl)c2)[nH]n1. The maximum Gasteiger partial charge on any atom is 0.148 e. The number of hydrogen-bond donors (Lipinski definition) is 2. The molecule has 0 unspecified atom stereocenters. The third-order valence-corrected chi connectivity index (χ3v) is 2.59. The first-order chi connectivity index (χ1) is 7.74. The standard InChI is InChI=1S/C11H12ClN3O/c1-13-11-6-9(14-15-11)7-3-4-10(16-2)8(12)5-7/h3-6H,1-2H3,(H2,13,14,15). The molecule has 84 valence electrons. The van der Waals surface area contributed by atoms with E-state index in [0.717, 1.165) is 17.1 Å². The summed E-state index contributed by atoms with van der Waals surface area (Å²) in [7, 11) is 3.41. The van der Waals surface area contributed by atoms with Gasteiger partial charge < -0.3 is 10.1 Å². The van der Waals surface area contributed by atoms with Gasteiger partial charge in [-0.2, -0.15) is 5.10 Å². The quantitative estimate of drug-likeness (QED) is 0.863. The maximum absolute atomic E-state index is 6.05. The lowest BCUT2D eigenvalue weighted by atomic mass is 10.1. The van der Waals surface area contributed by atoms with Crippen molar-refractivity contribution in [1.82, 2.24) is 10.2 Å². The van der Waals surface area contributed by atoms with Gasteiger partial charge in [-0.25, -0.2) is 0 Å². The van der Waals surface area contributed by atoms with E-state index in [-0.39, 0.29) is 0 Å². The Kier molecular flexibility index (Phi) is 3.01. The van der Waals surface area contributed by atoms with E-state index >= 15 is 0 Å². The summed E-state index contributed by atoms with van der Waals surface area (Å²) in [6.07, 6.45) is 0. The summed E-state index contributed by atoms with van der Waals surface area (Å²) in [5.74, 6) is 1.46. The molecule has 0 radical (unpaired) electrons. The predicted molar refractivity (Wildman–Crippen MR) is 65.1 cm³/mol. The molecule has 2 N–H and O–H groups in total. The van der Waals surface area contributed by atoms with Crippen molar-refractivity contribution in [2.75, 3.05) is 19.5 Å². The summed E-state index contributed by atoms with van der Waals surface area (Å²) in [6, 6.07) is 7.51. The molecular formula is C11H12ClN3O. The third-order valence-electron chi connectivity index (χ3n) is 2.30. The van der Waals surface area contributed by atoms with Crippen LogP contribution in [0.2, 0.25) is 5.02 Å². The van der Waals surface area contributed by atoms with Gasteiger partial charge >= 0.3 is 0 Å². The Balaban J connectivity index is 2.37. The minimum Gasteiger partial charge on any atom is -0.495 e. The number of aromatic nitrogens is 2. The average Bonchev–Trinajstić information content (AvgIpc) is 2.77. The molecule has 0 atom stereocenters. The van der Waals surface area contributed by atoms with Crippen LogP contribution in [-0.2, 0) is 0 Å². The van der Waals surface area contributed by atoms with Crippen LogP contribution in [0, 0.1) is 0 Å². The van der Waals surface area contributed by atoms with Gasteiger partial charge in [0.25, 0.3) is 0 Å². The number of nitrogens with one attached hydrogen (secondary N) is 2. The molecule has 0 bridgehead atoms. The lowest BCUT2D eigenvalue weighted by molar-refractivity contribution is 0.415. The molecule has 1 heterocycles. The molecule has 0 saturated carbocycles. The number of nitrogens with zero attached hydrogens (tertiary/aromatic N) is 1. The van der Waals surface area contributed by atoms with Crippen molar-refractivity contribution >= 4 is 17.4 Å². The molecule has 0 aliphatic rings. The number of aromatic amines is 1. The van der Waals surface area contributed by atoms with E-state index in [1.807, 2.05) is 31.3 Å². The number of ether oxygens (including phenoxy) is 1. The van der Waals surface area contributed by atoms with E-state index in [9.17, 15) is 0 Å². The van der Waals surface area contributed by atoms with Crippen LogP contribution < -0.4 is 10.1 Å². The zero-order chi connectivity index (χ0) is 11.5. The Morgan fingerprint density at radius 1 is 1.38 bits per heavy atom. The topological polar surface area (TPSA) is 49.9 Å². The van der Waals surface area contributed by atoms with Crippen molar-refractivity contribution in [2.45, 2.75) is 0 Å². The second kappa shape index (κ2) is 4.45. The highest BCUT2D eigenvalue weighted by Crippen LogP contribution is 2.29. The van der Waals surface area contributed by atoms with Gasteiger partial charge in [-0.15, -0.1) is 0 Å². The minimum atomic E-state index is 0.584. The van der Waals surface area contributed by atoms with Crippen molar-refractivity contribution in [1.29, 1.82) is 0 Å². The highest BCUT2D eigenvalue weighted by Gasteiger charge is 2.06. The molecule has 1 aromatic carbocycles. The Bertz CT molecular complexity index is 496. The highest BCUT2D eigenvalue weighted by atomic mass is 35.5. The zero-order valence-corrected chi connectivity index (χ0v) is 9.80. The van der Waals surface area contributed by atoms with Gasteiger partial charge in [0, 0.05) is 18.7 Å². The number of methoxy groups -OCH3 is 1. The number of benzene rings is 1. The van der Waals surface area contributed by atoms with Gasteiger partial charge in [0.15, 0.2) is 0 Å². The van der Waals surface area contributed by atoms with Crippen LogP contribution >= 0.6 is 11.6 Å². The number of halogens is 1. The molecule has 0 spiro atoms. The van der Waals surface area contributed by atoms with E-state index in [1.165, 1.54) is 0 Å². The maximum atomic E-state index is 6.05. The van der Waals surface area contributed by atoms with Crippen molar-refractivity contribution < 1.29 is 4.74 Å². The van der Waals surface area contributed by atoms with E-state index in [1.54, 1.807) is 7.11 Å². The summed E-state index contributed by atoms with van der Waals surface area (Å²) in [6.45, 7) is 0. The van der Waals surface area contributed by atoms with Crippen LogP contribution in [0.25, 0.3) is 11.3 Å². The number of anilines is 1. The van der Waals surface area contributed by atoms with Crippen LogP contribution in [0.5, 0.6) is 5.75 Å². The van der Waals surface area contributed by atoms with E-state index in [2.05, 4.69) is 15.5 Å². The van der Waals surface area contributed by atoms with Gasteiger partial charge in [0.1, 0.15) is 11.6 Å². The fraction of sp³-hybridized carbons (Fsp3) is 0.182. The second-order valence-electron chi connectivity index (χ2n) is 3.27. The van der Waals surface area contributed by atoms with Gasteiger partial charge in [0.05, 0.1) is 17.8 Å². The van der Waals surface area contributed by atoms with Crippen LogP contribution in [0.3, 0.4) is 0 Å². The van der Waals surface area contributed by atoms with Gasteiger partial charge in [-0.05, 0) is 18.2 Å². The largest absolute Gasteiger partial charge is 0.495 e. The number of rotatable bonds is 3. The molecule has 0 fully saturated rings. The first kappa shape index (κ1) is 10.8. The fourth-order valence-electron chi connectivity index (χ4n) is 1.43. The van der Waals surface area contributed by atoms with Crippen molar-refractivity contribution in [3.05, 3.63) is 29.3 Å². The molecule has 4 nitrogen and oxygen atoms in total. The van der Waals surface area contributed by atoms with Crippen LogP contribution in [0.15, 0.2) is 24.3 Å². The molecular weight excluding hydrogens is 226 g/mol. The van der Waals surface area contributed by atoms with E-state index in [4.69, 9.17) is 16.3 Å². The minimum absolute atomic E-state index is 0.584. The van der Waals surface area contributed by atoms with E-state index in [0.29, 0.717) is 10.8 Å². The van der Waals surface area contributed by atoms with Gasteiger partial charge in [-0.3, -0.25) is 5.10 Å². The predicted octanol–water partition coefficient (Wildman–Crippen LogP) is 2.78. The summed E-state index contributed by atoms with van der Waals surface area (Å²) in [4.78, 5) is 0. The Hall–Kier alpha value is -1.68. The molecule has 0 aliphatic carbocycles. The Labute approximate surface area is 98.6 Å². The van der Waals surface area contributed by atoms with Crippen molar-refractivity contribution in [3.63, 3.8) is 0 Å². The molecule has 2 rings (SSSR count). The summed E-state index contributed by atoms with van der Waals surface area (Å²) >= 11 is 6.05. The van der Waals surface area contributed by atoms with Crippen LogP contribution in [0.4, 0.5) is 5.82 Å². The van der Waals surface area contributed by atoms with Crippen LogP contribution in [-0.4, -0.2) is 24.4 Å². The van der Waals surface area contributed by atoms with E-state index < -0.39 is 0 Å². The van der Waals surface area contributed by atoms with Crippen molar-refractivity contribution in [2.24, 2.45) is 0 Å². The smallest absolute Gasteiger partial charge is 0.148 e. The highest BCUT2D eigenvalue weighted by molar-refractivity contribution is 6.32. The first-order valence-corrected chi connectivity index (χ1v) is 5.19. The summed E-state index contributed by atoms with van der Waals surface area (Å²) in [5, 5.41) is 10.5. The molecule has 5 heteroatoms. The average molecular weight is 238 g/mol. The number of H-pyrrole nitrogens is 1. The monoisotopic (exact) mass is 237 g/mol. The third kappa shape index (κ3) is 1.97.